The summed E-state index contributed by atoms with van der Waals surface area (Å²) in [5, 5.41) is 45.1. The number of fused-ring (bicyclic) bond motifs is 3. The molecule has 0 saturated carbocycles. The van der Waals surface area contributed by atoms with Crippen molar-refractivity contribution in [3.8, 4) is 0 Å². The first-order chi connectivity index (χ1) is 11.2. The standard InChI is InChI=1S/C14H6N2O8.4Na/c17-10-4-2-6(14(23)24)15-8(4)7-3(12(19)20)1-5(13(21)22)16-9(7)11(10)18;;;;/h1-2,17H,(H,19,20)(H,21,22)(H,23,24);;;;/q;4*+1/p-4. The summed E-state index contributed by atoms with van der Waals surface area (Å²) in [7, 11) is 0. The van der Waals surface area contributed by atoms with Gasteiger partial charge in [0.25, 0.3) is 0 Å². The number of allylic oxidation sites excluding steroid dienone is 3. The van der Waals surface area contributed by atoms with Crippen LogP contribution in [0, 0.1) is 0 Å². The number of carboxylic acid groups (broad SMARTS) is 3. The quantitative estimate of drug-likeness (QED) is 0.430. The molecule has 0 N–H and O–H groups in total. The molecule has 1 aromatic rings. The van der Waals surface area contributed by atoms with E-state index in [1.807, 2.05) is 0 Å². The van der Waals surface area contributed by atoms with Crippen LogP contribution in [0.5, 0.6) is 0 Å². The van der Waals surface area contributed by atoms with E-state index in [4.69, 9.17) is 0 Å². The first-order valence-electron chi connectivity index (χ1n) is 6.18. The van der Waals surface area contributed by atoms with Crippen LogP contribution in [-0.2, 0) is 4.79 Å². The van der Waals surface area contributed by atoms with Gasteiger partial charge in [-0.1, -0.05) is 0 Å². The van der Waals surface area contributed by atoms with Gasteiger partial charge in [-0.25, -0.2) is 9.98 Å². The summed E-state index contributed by atoms with van der Waals surface area (Å²) in [6.45, 7) is 0. The second-order valence-electron chi connectivity index (χ2n) is 4.70. The Balaban J connectivity index is 0. The summed E-state index contributed by atoms with van der Waals surface area (Å²) in [4.78, 5) is 52.1. The smallest absolute Gasteiger partial charge is 0.869 e. The van der Waals surface area contributed by atoms with Gasteiger partial charge in [-0.05, 0) is 23.5 Å². The SMILES string of the molecule is O=C([O-])C1=CC2=C([O-])C(=O)c3nc(C(=O)[O-])cc(C(=O)[O-])c3C2=N1.[Na+].[Na+].[Na+].[Na+]. The molecule has 1 aromatic heterocycles. The van der Waals surface area contributed by atoms with E-state index in [0.29, 0.717) is 6.07 Å². The molecule has 120 valence electrons. The molecule has 0 radical (unpaired) electrons. The number of carboxylic acids is 3. The molecule has 1 aliphatic carbocycles. The number of aliphatic carboxylic acids is 1. The number of nitrogens with zero attached hydrogens (tertiary/aromatic N) is 2. The number of hydrogen-bond donors (Lipinski definition) is 0. The molecular formula is C14H2N2Na4O8. The Hall–Kier alpha value is 0.180. The molecule has 0 unspecified atom stereocenters. The van der Waals surface area contributed by atoms with Crippen molar-refractivity contribution in [3.63, 3.8) is 0 Å². The van der Waals surface area contributed by atoms with E-state index in [1.165, 1.54) is 0 Å². The van der Waals surface area contributed by atoms with Crippen molar-refractivity contribution in [2.24, 2.45) is 4.99 Å². The van der Waals surface area contributed by atoms with Crippen molar-refractivity contribution in [2.75, 3.05) is 0 Å². The fraction of sp³-hybridized carbons (Fsp3) is 0. The summed E-state index contributed by atoms with van der Waals surface area (Å²) in [6, 6.07) is 0.573. The van der Waals surface area contributed by atoms with Gasteiger partial charge in [0.1, 0.15) is 5.69 Å². The molecule has 3 rings (SSSR count). The van der Waals surface area contributed by atoms with Crippen LogP contribution in [0.3, 0.4) is 0 Å². The van der Waals surface area contributed by atoms with E-state index < -0.39 is 68.9 Å². The summed E-state index contributed by atoms with van der Waals surface area (Å²) in [6.07, 6.45) is 0.763. The molecule has 2 aliphatic rings. The van der Waals surface area contributed by atoms with Crippen molar-refractivity contribution >= 4 is 29.4 Å². The fourth-order valence-corrected chi connectivity index (χ4v) is 2.33. The first kappa shape index (κ1) is 30.4. The van der Waals surface area contributed by atoms with E-state index >= 15 is 0 Å². The van der Waals surface area contributed by atoms with Gasteiger partial charge in [0.2, 0.25) is 0 Å². The van der Waals surface area contributed by atoms with Crippen LogP contribution in [0.15, 0.2) is 34.2 Å². The predicted molar refractivity (Wildman–Crippen MR) is 63.9 cm³/mol. The third kappa shape index (κ3) is 5.26. The Labute approximate surface area is 245 Å². The van der Waals surface area contributed by atoms with Gasteiger partial charge < -0.3 is 34.8 Å². The topological polar surface area (TPSA) is 186 Å². The third-order valence-electron chi connectivity index (χ3n) is 3.33. The van der Waals surface area contributed by atoms with Crippen LogP contribution in [-0.4, -0.2) is 34.4 Å². The maximum Gasteiger partial charge on any atom is 1.00 e. The number of aliphatic imine (C=N–C) groups is 1. The zero-order valence-corrected chi connectivity index (χ0v) is 23.3. The molecule has 0 spiro atoms. The molecule has 0 fully saturated rings. The minimum atomic E-state index is -1.88. The number of ketones is 1. The van der Waals surface area contributed by atoms with Gasteiger partial charge in [-0.2, -0.15) is 0 Å². The minimum Gasteiger partial charge on any atom is -0.869 e. The number of carbonyl (C=O) groups is 4. The molecule has 28 heavy (non-hydrogen) atoms. The molecule has 0 bridgehead atoms. The molecule has 0 amide bonds. The van der Waals surface area contributed by atoms with Gasteiger partial charge in [0.15, 0.2) is 5.78 Å². The summed E-state index contributed by atoms with van der Waals surface area (Å²) < 4.78 is 0. The van der Waals surface area contributed by atoms with Crippen molar-refractivity contribution < 1.29 is 158 Å². The number of Topliss-reactive ketones (excluding diaryl/α,β-unsaturated/α-hetero) is 1. The van der Waals surface area contributed by atoms with Crippen molar-refractivity contribution in [1.82, 2.24) is 4.98 Å². The molecule has 0 atom stereocenters. The number of hydrogen-bond acceptors (Lipinski definition) is 10. The normalized spacial score (nSPS) is 13.2. The van der Waals surface area contributed by atoms with Crippen LogP contribution < -0.4 is 139 Å². The molecule has 10 nitrogen and oxygen atoms in total. The van der Waals surface area contributed by atoms with E-state index in [0.717, 1.165) is 6.08 Å². The number of carbonyl (C=O) groups excluding carboxylic acids is 4. The Morgan fingerprint density at radius 2 is 1.46 bits per heavy atom. The van der Waals surface area contributed by atoms with Gasteiger partial charge >= 0.3 is 118 Å². The van der Waals surface area contributed by atoms with E-state index in [1.54, 1.807) is 0 Å². The van der Waals surface area contributed by atoms with Crippen molar-refractivity contribution in [2.45, 2.75) is 0 Å². The maximum absolute atomic E-state index is 12.1. The van der Waals surface area contributed by atoms with Gasteiger partial charge in [-0.15, -0.1) is 0 Å². The Bertz CT molecular complexity index is 984. The van der Waals surface area contributed by atoms with Crippen LogP contribution in [0.2, 0.25) is 0 Å². The Morgan fingerprint density at radius 3 is 1.93 bits per heavy atom. The predicted octanol–water partition coefficient (Wildman–Crippen LogP) is -16.9. The zero-order chi connectivity index (χ0) is 17.8. The zero-order valence-electron chi connectivity index (χ0n) is 15.3. The first-order valence-corrected chi connectivity index (χ1v) is 6.18. The molecule has 0 aromatic carbocycles. The molecular weight excluding hydrogens is 416 g/mol. The van der Waals surface area contributed by atoms with Crippen LogP contribution >= 0.6 is 0 Å². The second-order valence-corrected chi connectivity index (χ2v) is 4.70. The molecule has 1 aliphatic heterocycles. The van der Waals surface area contributed by atoms with Crippen molar-refractivity contribution in [3.05, 3.63) is 51.7 Å². The van der Waals surface area contributed by atoms with Crippen molar-refractivity contribution in [1.29, 1.82) is 0 Å². The number of rotatable bonds is 3. The Morgan fingerprint density at radius 1 is 0.893 bits per heavy atom. The number of aromatic nitrogens is 1. The van der Waals surface area contributed by atoms with Crippen LogP contribution in [0.1, 0.15) is 36.9 Å². The second kappa shape index (κ2) is 11.5. The van der Waals surface area contributed by atoms with Gasteiger partial charge in [-0.3, -0.25) is 4.79 Å². The summed E-state index contributed by atoms with van der Waals surface area (Å²) in [5.74, 6) is -8.01. The van der Waals surface area contributed by atoms with Crippen LogP contribution in [0.4, 0.5) is 0 Å². The van der Waals surface area contributed by atoms with Crippen LogP contribution in [0.25, 0.3) is 0 Å². The molecule has 2 heterocycles. The van der Waals surface area contributed by atoms with E-state index in [2.05, 4.69) is 9.98 Å². The Kier molecular flexibility index (Phi) is 12.5. The molecule has 0 saturated heterocycles. The molecule has 14 heteroatoms. The van der Waals surface area contributed by atoms with Gasteiger partial charge in [0, 0.05) is 11.1 Å². The van der Waals surface area contributed by atoms with Gasteiger partial charge in [0.05, 0.1) is 35.0 Å². The maximum atomic E-state index is 12.1. The third-order valence-corrected chi connectivity index (χ3v) is 3.33. The minimum absolute atomic E-state index is 0. The summed E-state index contributed by atoms with van der Waals surface area (Å²) >= 11 is 0. The number of pyridine rings is 1. The fourth-order valence-electron chi connectivity index (χ4n) is 2.33. The van der Waals surface area contributed by atoms with E-state index in [9.17, 15) is 39.6 Å². The largest absolute Gasteiger partial charge is 1.00 e. The summed E-state index contributed by atoms with van der Waals surface area (Å²) in [5.41, 5.74) is -4.53. The van der Waals surface area contributed by atoms with E-state index in [-0.39, 0.29) is 118 Å². The average molecular weight is 418 g/mol. The monoisotopic (exact) mass is 418 g/mol. The number of aromatic carboxylic acids is 2. The average Bonchev–Trinajstić information content (AvgIpc) is 2.96.